The molecule has 1 aliphatic heterocycles. The molecule has 3 rings (SSSR count). The zero-order valence-electron chi connectivity index (χ0n) is 16.3. The highest BCUT2D eigenvalue weighted by molar-refractivity contribution is 7.99. The molecule has 2 aromatic rings. The van der Waals surface area contributed by atoms with Crippen LogP contribution in [0.3, 0.4) is 0 Å². The SMILES string of the molecule is CC(C)n1cnnc1SCC(=O)N1CCCN(c2ccc(C(F)(F)F)cn2)CC1. The normalized spacial score (nSPS) is 15.7. The Morgan fingerprint density at radius 3 is 2.66 bits per heavy atom. The zero-order valence-corrected chi connectivity index (χ0v) is 17.1. The van der Waals surface area contributed by atoms with Gasteiger partial charge in [0.15, 0.2) is 5.16 Å². The van der Waals surface area contributed by atoms with Crippen molar-refractivity contribution in [1.82, 2.24) is 24.6 Å². The van der Waals surface area contributed by atoms with Gasteiger partial charge >= 0.3 is 6.18 Å². The Kier molecular flexibility index (Phi) is 6.66. The lowest BCUT2D eigenvalue weighted by Gasteiger charge is -2.23. The number of hydrogen-bond donors (Lipinski definition) is 0. The van der Waals surface area contributed by atoms with Crippen LogP contribution in [0.2, 0.25) is 0 Å². The molecular formula is C18H23F3N6OS. The Morgan fingerprint density at radius 1 is 1.21 bits per heavy atom. The van der Waals surface area contributed by atoms with E-state index in [0.717, 1.165) is 18.7 Å². The second-order valence-corrected chi connectivity index (χ2v) is 7.97. The van der Waals surface area contributed by atoms with E-state index in [0.29, 0.717) is 37.2 Å². The van der Waals surface area contributed by atoms with E-state index in [2.05, 4.69) is 15.2 Å². The van der Waals surface area contributed by atoms with Crippen molar-refractivity contribution < 1.29 is 18.0 Å². The van der Waals surface area contributed by atoms with Gasteiger partial charge in [-0.1, -0.05) is 11.8 Å². The molecule has 0 saturated carbocycles. The smallest absolute Gasteiger partial charge is 0.355 e. The molecule has 7 nitrogen and oxygen atoms in total. The number of aromatic nitrogens is 4. The molecule has 11 heteroatoms. The highest BCUT2D eigenvalue weighted by Gasteiger charge is 2.31. The summed E-state index contributed by atoms with van der Waals surface area (Å²) in [5.41, 5.74) is -0.765. The Morgan fingerprint density at radius 2 is 2.00 bits per heavy atom. The van der Waals surface area contributed by atoms with Crippen LogP contribution >= 0.6 is 11.8 Å². The molecule has 1 fully saturated rings. The molecule has 1 amide bonds. The first-order valence-corrected chi connectivity index (χ1v) is 10.3. The summed E-state index contributed by atoms with van der Waals surface area (Å²) in [4.78, 5) is 20.3. The van der Waals surface area contributed by atoms with Crippen LogP contribution in [-0.2, 0) is 11.0 Å². The minimum absolute atomic E-state index is 0.00975. The molecule has 158 valence electrons. The molecule has 0 radical (unpaired) electrons. The summed E-state index contributed by atoms with van der Waals surface area (Å²) in [7, 11) is 0. The van der Waals surface area contributed by atoms with Crippen molar-refractivity contribution in [3.8, 4) is 0 Å². The molecule has 0 unspecified atom stereocenters. The van der Waals surface area contributed by atoms with Crippen LogP contribution in [-0.4, -0.2) is 62.5 Å². The second-order valence-electron chi connectivity index (χ2n) is 7.03. The van der Waals surface area contributed by atoms with Crippen molar-refractivity contribution in [2.45, 2.75) is 37.6 Å². The van der Waals surface area contributed by atoms with Gasteiger partial charge in [0.2, 0.25) is 5.91 Å². The van der Waals surface area contributed by atoms with E-state index in [1.165, 1.54) is 17.8 Å². The number of halogens is 3. The number of carbonyl (C=O) groups is 1. The minimum atomic E-state index is -4.40. The van der Waals surface area contributed by atoms with E-state index in [9.17, 15) is 18.0 Å². The van der Waals surface area contributed by atoms with Crippen molar-refractivity contribution in [2.75, 3.05) is 36.8 Å². The largest absolute Gasteiger partial charge is 0.417 e. The predicted molar refractivity (Wildman–Crippen MR) is 104 cm³/mol. The van der Waals surface area contributed by atoms with Crippen LogP contribution in [0.25, 0.3) is 0 Å². The summed E-state index contributed by atoms with van der Waals surface area (Å²) < 4.78 is 40.0. The summed E-state index contributed by atoms with van der Waals surface area (Å²) in [5, 5.41) is 8.66. The highest BCUT2D eigenvalue weighted by atomic mass is 32.2. The predicted octanol–water partition coefficient (Wildman–Crippen LogP) is 3.10. The summed E-state index contributed by atoms with van der Waals surface area (Å²) >= 11 is 1.36. The molecule has 3 heterocycles. The minimum Gasteiger partial charge on any atom is -0.355 e. The lowest BCUT2D eigenvalue weighted by Crippen LogP contribution is -2.36. The lowest BCUT2D eigenvalue weighted by atomic mass is 10.2. The Balaban J connectivity index is 1.55. The Bertz CT molecular complexity index is 824. The van der Waals surface area contributed by atoms with Gasteiger partial charge in [0.05, 0.1) is 11.3 Å². The Hall–Kier alpha value is -2.30. The van der Waals surface area contributed by atoms with Crippen LogP contribution in [0.15, 0.2) is 29.8 Å². The van der Waals surface area contributed by atoms with Crippen LogP contribution in [0.1, 0.15) is 31.9 Å². The number of amides is 1. The van der Waals surface area contributed by atoms with Gasteiger partial charge in [-0.05, 0) is 32.4 Å². The Labute approximate surface area is 171 Å². The fourth-order valence-corrected chi connectivity index (χ4v) is 3.99. The number of alkyl halides is 3. The van der Waals surface area contributed by atoms with Gasteiger partial charge in [0.1, 0.15) is 12.1 Å². The molecule has 29 heavy (non-hydrogen) atoms. The first kappa shape index (κ1) is 21.4. The third kappa shape index (κ3) is 5.40. The average Bonchev–Trinajstić information content (AvgIpc) is 3.01. The maximum absolute atomic E-state index is 12.7. The van der Waals surface area contributed by atoms with E-state index in [1.807, 2.05) is 23.3 Å². The molecule has 0 aromatic carbocycles. The molecule has 0 N–H and O–H groups in total. The van der Waals surface area contributed by atoms with Gasteiger partial charge in [-0.3, -0.25) is 4.79 Å². The quantitative estimate of drug-likeness (QED) is 0.682. The monoisotopic (exact) mass is 428 g/mol. The van der Waals surface area contributed by atoms with Crippen molar-refractivity contribution in [3.05, 3.63) is 30.2 Å². The molecule has 0 bridgehead atoms. The van der Waals surface area contributed by atoms with Crippen molar-refractivity contribution in [3.63, 3.8) is 0 Å². The van der Waals surface area contributed by atoms with Crippen LogP contribution in [0.4, 0.5) is 19.0 Å². The second kappa shape index (κ2) is 9.02. The molecule has 0 aliphatic carbocycles. The van der Waals surface area contributed by atoms with E-state index in [4.69, 9.17) is 0 Å². The maximum Gasteiger partial charge on any atom is 0.417 e. The standard InChI is InChI=1S/C18H23F3N6OS/c1-13(2)27-12-23-24-17(27)29-11-16(28)26-7-3-6-25(8-9-26)15-5-4-14(10-22-15)18(19,20)21/h4-5,10,12-13H,3,6-9,11H2,1-2H3. The first-order valence-electron chi connectivity index (χ1n) is 9.34. The zero-order chi connectivity index (χ0) is 21.0. The van der Waals surface area contributed by atoms with Gasteiger partial charge in [0.25, 0.3) is 0 Å². The molecule has 1 saturated heterocycles. The van der Waals surface area contributed by atoms with Gasteiger partial charge in [-0.25, -0.2) is 4.98 Å². The maximum atomic E-state index is 12.7. The number of nitrogens with zero attached hydrogens (tertiary/aromatic N) is 6. The highest BCUT2D eigenvalue weighted by Crippen LogP contribution is 2.29. The molecule has 1 aliphatic rings. The van der Waals surface area contributed by atoms with Gasteiger partial charge in [-0.15, -0.1) is 10.2 Å². The summed E-state index contributed by atoms with van der Waals surface area (Å²) in [6.45, 7) is 6.31. The van der Waals surface area contributed by atoms with Crippen LogP contribution < -0.4 is 4.90 Å². The lowest BCUT2D eigenvalue weighted by molar-refractivity contribution is -0.137. The van der Waals surface area contributed by atoms with E-state index in [1.54, 1.807) is 11.2 Å². The van der Waals surface area contributed by atoms with E-state index >= 15 is 0 Å². The summed E-state index contributed by atoms with van der Waals surface area (Å²) in [6, 6.07) is 2.64. The third-order valence-corrected chi connectivity index (χ3v) is 5.61. The fraction of sp³-hybridized carbons (Fsp3) is 0.556. The van der Waals surface area contributed by atoms with Crippen molar-refractivity contribution in [2.24, 2.45) is 0 Å². The first-order chi connectivity index (χ1) is 13.8. The molecule has 0 spiro atoms. The number of anilines is 1. The summed E-state index contributed by atoms with van der Waals surface area (Å²) in [5.74, 6) is 0.770. The molecule has 0 atom stereocenters. The number of carbonyl (C=O) groups excluding carboxylic acids is 1. The average molecular weight is 428 g/mol. The van der Waals surface area contributed by atoms with E-state index in [-0.39, 0.29) is 17.7 Å². The molecule has 2 aromatic heterocycles. The molecular weight excluding hydrogens is 405 g/mol. The van der Waals surface area contributed by atoms with Crippen LogP contribution in [0, 0.1) is 0 Å². The van der Waals surface area contributed by atoms with Crippen molar-refractivity contribution >= 4 is 23.5 Å². The number of rotatable bonds is 5. The topological polar surface area (TPSA) is 67.2 Å². The third-order valence-electron chi connectivity index (χ3n) is 4.67. The summed E-state index contributed by atoms with van der Waals surface area (Å²) in [6.07, 6.45) is -1.17. The van der Waals surface area contributed by atoms with Gasteiger partial charge in [0, 0.05) is 38.4 Å². The number of thioether (sulfide) groups is 1. The van der Waals surface area contributed by atoms with Crippen molar-refractivity contribution in [1.29, 1.82) is 0 Å². The van der Waals surface area contributed by atoms with Gasteiger partial charge < -0.3 is 14.4 Å². The van der Waals surface area contributed by atoms with E-state index < -0.39 is 11.7 Å². The number of pyridine rings is 1. The fourth-order valence-electron chi connectivity index (χ4n) is 3.04. The van der Waals surface area contributed by atoms with Gasteiger partial charge in [-0.2, -0.15) is 13.2 Å². The van der Waals surface area contributed by atoms with Crippen LogP contribution in [0.5, 0.6) is 0 Å². The number of hydrogen-bond acceptors (Lipinski definition) is 6.